The van der Waals surface area contributed by atoms with Crippen LogP contribution in [0.25, 0.3) is 0 Å². The summed E-state index contributed by atoms with van der Waals surface area (Å²) in [4.78, 5) is 51.7. The summed E-state index contributed by atoms with van der Waals surface area (Å²) in [5, 5.41) is 24.1. The topological polar surface area (TPSA) is 124 Å². The van der Waals surface area contributed by atoms with Crippen LogP contribution in [-0.2, 0) is 15.1 Å². The zero-order valence-corrected chi connectivity index (χ0v) is 18.8. The van der Waals surface area contributed by atoms with Gasteiger partial charge in [-0.15, -0.1) is 0 Å². The first-order valence-corrected chi connectivity index (χ1v) is 11.2. The van der Waals surface area contributed by atoms with Gasteiger partial charge in [0.15, 0.2) is 0 Å². The molecule has 4 aliphatic rings. The molecule has 1 heterocycles. The third kappa shape index (κ3) is 2.28. The molecule has 0 saturated carbocycles. The lowest BCUT2D eigenvalue weighted by Gasteiger charge is -2.48. The molecule has 10 heteroatoms. The van der Waals surface area contributed by atoms with Gasteiger partial charge in [0.2, 0.25) is 11.8 Å². The molecular weight excluding hydrogens is 506 g/mol. The van der Waals surface area contributed by atoms with Crippen molar-refractivity contribution in [3.05, 3.63) is 114 Å². The molecule has 0 unspecified atom stereocenters. The van der Waals surface area contributed by atoms with Crippen molar-refractivity contribution in [2.75, 3.05) is 4.90 Å². The van der Waals surface area contributed by atoms with Gasteiger partial charge in [-0.05, 0) is 33.1 Å². The summed E-state index contributed by atoms with van der Waals surface area (Å²) < 4.78 is 0.180. The Labute approximate surface area is 200 Å². The Morgan fingerprint density at radius 2 is 1.44 bits per heavy atom. The number of carbonyl (C=O) groups excluding carboxylic acids is 2. The minimum Gasteiger partial charge on any atom is -0.274 e. The molecule has 2 bridgehead atoms. The summed E-state index contributed by atoms with van der Waals surface area (Å²) >= 11 is 3.24. The molecule has 3 aromatic carbocycles. The highest BCUT2D eigenvalue weighted by Crippen LogP contribution is 2.64. The van der Waals surface area contributed by atoms with Gasteiger partial charge in [-0.3, -0.25) is 29.8 Å². The maximum Gasteiger partial charge on any atom is 0.285 e. The van der Waals surface area contributed by atoms with Crippen molar-refractivity contribution in [1.29, 1.82) is 0 Å². The number of nitro groups is 2. The molecule has 34 heavy (non-hydrogen) atoms. The van der Waals surface area contributed by atoms with E-state index >= 15 is 0 Å². The average molecular weight is 520 g/mol. The maximum absolute atomic E-state index is 13.9. The van der Waals surface area contributed by atoms with Crippen LogP contribution in [0.15, 0.2) is 71.2 Å². The summed E-state index contributed by atoms with van der Waals surface area (Å²) in [6.07, 6.45) is 0. The first kappa shape index (κ1) is 20.7. The van der Waals surface area contributed by atoms with Crippen molar-refractivity contribution in [3.63, 3.8) is 0 Å². The number of anilines is 1. The van der Waals surface area contributed by atoms with E-state index in [1.165, 1.54) is 18.2 Å². The number of amides is 2. The maximum atomic E-state index is 13.9. The van der Waals surface area contributed by atoms with Gasteiger partial charge in [0, 0.05) is 38.6 Å². The zero-order valence-electron chi connectivity index (χ0n) is 17.3. The average Bonchev–Trinajstić information content (AvgIpc) is 3.09. The molecule has 1 fully saturated rings. The smallest absolute Gasteiger partial charge is 0.274 e. The standard InChI is InChI=1S/C24H14BrN3O6/c25-17-11-12(27(31)32)9-10-18(17)26-22(29)20-19-13-5-1-3-7-15(13)24(28(33)34,21(20)23(26)30)16-8-4-2-6-14(16)19/h1-11,19-21H/t19?,20-,21+,24?/m0/s1. The van der Waals surface area contributed by atoms with E-state index < -0.39 is 45.0 Å². The fraction of sp³-hybridized carbons (Fsp3) is 0.167. The van der Waals surface area contributed by atoms with E-state index in [2.05, 4.69) is 15.9 Å². The normalized spacial score (nSPS) is 26.1. The fourth-order valence-electron chi connectivity index (χ4n) is 6.07. The minimum absolute atomic E-state index is 0.126. The van der Waals surface area contributed by atoms with Crippen LogP contribution < -0.4 is 4.90 Å². The van der Waals surface area contributed by atoms with Crippen molar-refractivity contribution >= 4 is 39.1 Å². The molecule has 2 atom stereocenters. The number of benzene rings is 3. The molecule has 0 N–H and O–H groups in total. The van der Waals surface area contributed by atoms with Gasteiger partial charge in [0.05, 0.1) is 16.5 Å². The largest absolute Gasteiger partial charge is 0.285 e. The second-order valence-corrected chi connectivity index (χ2v) is 9.44. The SMILES string of the molecule is O=C1[C@H]2C3c4ccccc4C([N+](=O)[O-])(c4ccccc43)[C@H]2C(=O)N1c1ccc([N+](=O)[O-])cc1Br. The molecule has 1 aliphatic heterocycles. The Morgan fingerprint density at radius 1 is 0.853 bits per heavy atom. The number of carbonyl (C=O) groups is 2. The summed E-state index contributed by atoms with van der Waals surface area (Å²) in [5.41, 5.74) is 0.192. The fourth-order valence-corrected chi connectivity index (χ4v) is 6.61. The Hall–Kier alpha value is -3.92. The molecule has 7 rings (SSSR count). The molecule has 3 aromatic rings. The van der Waals surface area contributed by atoms with E-state index in [1.54, 1.807) is 48.5 Å². The highest BCUT2D eigenvalue weighted by molar-refractivity contribution is 9.10. The Morgan fingerprint density at radius 3 is 1.97 bits per heavy atom. The van der Waals surface area contributed by atoms with E-state index in [-0.39, 0.29) is 15.8 Å². The van der Waals surface area contributed by atoms with Crippen molar-refractivity contribution in [2.24, 2.45) is 11.8 Å². The van der Waals surface area contributed by atoms with Crippen LogP contribution in [0.3, 0.4) is 0 Å². The molecule has 2 amide bonds. The number of nitrogens with zero attached hydrogens (tertiary/aromatic N) is 3. The summed E-state index contributed by atoms with van der Waals surface area (Å²) in [6.45, 7) is 0. The van der Waals surface area contributed by atoms with Crippen LogP contribution in [0.2, 0.25) is 0 Å². The summed E-state index contributed by atoms with van der Waals surface area (Å²) in [5.74, 6) is -3.96. The highest BCUT2D eigenvalue weighted by Gasteiger charge is 2.74. The number of hydrogen-bond acceptors (Lipinski definition) is 6. The number of hydrogen-bond donors (Lipinski definition) is 0. The molecular formula is C24H14BrN3O6. The van der Waals surface area contributed by atoms with Crippen LogP contribution in [0, 0.1) is 32.1 Å². The Kier molecular flexibility index (Phi) is 4.13. The van der Waals surface area contributed by atoms with E-state index in [0.717, 1.165) is 4.90 Å². The molecule has 9 nitrogen and oxygen atoms in total. The quantitative estimate of drug-likeness (QED) is 0.291. The number of nitro benzene ring substituents is 1. The van der Waals surface area contributed by atoms with Gasteiger partial charge in [0.25, 0.3) is 11.2 Å². The van der Waals surface area contributed by atoms with Crippen LogP contribution in [0.1, 0.15) is 28.2 Å². The lowest BCUT2D eigenvalue weighted by molar-refractivity contribution is -0.578. The number of imide groups is 1. The predicted octanol–water partition coefficient (Wildman–Crippen LogP) is 4.14. The molecule has 168 valence electrons. The van der Waals surface area contributed by atoms with Crippen molar-refractivity contribution < 1.29 is 19.4 Å². The number of non-ortho nitro benzene ring substituents is 1. The second kappa shape index (κ2) is 6.80. The third-order valence-electron chi connectivity index (χ3n) is 7.24. The predicted molar refractivity (Wildman–Crippen MR) is 123 cm³/mol. The molecule has 0 radical (unpaired) electrons. The van der Waals surface area contributed by atoms with Gasteiger partial charge in [-0.1, -0.05) is 48.5 Å². The summed E-state index contributed by atoms with van der Waals surface area (Å²) in [6, 6.07) is 17.6. The van der Waals surface area contributed by atoms with Crippen LogP contribution >= 0.6 is 15.9 Å². The highest BCUT2D eigenvalue weighted by atomic mass is 79.9. The number of halogens is 1. The van der Waals surface area contributed by atoms with E-state index in [9.17, 15) is 29.8 Å². The van der Waals surface area contributed by atoms with Crippen molar-refractivity contribution in [3.8, 4) is 0 Å². The van der Waals surface area contributed by atoms with Crippen LogP contribution in [0.4, 0.5) is 11.4 Å². The third-order valence-corrected chi connectivity index (χ3v) is 7.88. The van der Waals surface area contributed by atoms with Crippen molar-refractivity contribution in [2.45, 2.75) is 11.5 Å². The molecule has 1 saturated heterocycles. The molecule has 3 aliphatic carbocycles. The molecule has 0 aromatic heterocycles. The van der Waals surface area contributed by atoms with E-state index in [4.69, 9.17) is 0 Å². The number of rotatable bonds is 3. The summed E-state index contributed by atoms with van der Waals surface area (Å²) in [7, 11) is 0. The first-order valence-electron chi connectivity index (χ1n) is 10.4. The van der Waals surface area contributed by atoms with Crippen LogP contribution in [-0.4, -0.2) is 21.7 Å². The van der Waals surface area contributed by atoms with E-state index in [1.807, 2.05) is 0 Å². The van der Waals surface area contributed by atoms with Crippen LogP contribution in [0.5, 0.6) is 0 Å². The Bertz CT molecular complexity index is 1420. The molecule has 0 spiro atoms. The zero-order chi connectivity index (χ0) is 23.9. The monoisotopic (exact) mass is 519 g/mol. The van der Waals surface area contributed by atoms with Crippen molar-refractivity contribution in [1.82, 2.24) is 0 Å². The van der Waals surface area contributed by atoms with Gasteiger partial charge in [-0.25, -0.2) is 4.90 Å². The van der Waals surface area contributed by atoms with Gasteiger partial charge < -0.3 is 0 Å². The second-order valence-electron chi connectivity index (χ2n) is 8.58. The Balaban J connectivity index is 1.62. The van der Waals surface area contributed by atoms with E-state index in [0.29, 0.717) is 22.3 Å². The van der Waals surface area contributed by atoms with Gasteiger partial charge >= 0.3 is 0 Å². The first-order chi connectivity index (χ1) is 16.3. The minimum atomic E-state index is -1.92. The lowest BCUT2D eigenvalue weighted by atomic mass is 9.51. The van der Waals surface area contributed by atoms with Gasteiger partial charge in [0.1, 0.15) is 5.92 Å². The lowest BCUT2D eigenvalue weighted by Crippen LogP contribution is -2.57. The van der Waals surface area contributed by atoms with Gasteiger partial charge in [-0.2, -0.15) is 0 Å².